The number of nitrogens with two attached hydrogens (primary N) is 1. The van der Waals surface area contributed by atoms with Crippen LogP contribution in [0.1, 0.15) is 28.0 Å². The van der Waals surface area contributed by atoms with Crippen LogP contribution in [0.15, 0.2) is 36.4 Å². The molecule has 116 valence electrons. The third-order valence-corrected chi connectivity index (χ3v) is 3.39. The molecule has 0 bridgehead atoms. The van der Waals surface area contributed by atoms with Crippen LogP contribution < -0.4 is 16.4 Å². The maximum Gasteiger partial charge on any atom is 0.251 e. The molecule has 0 saturated carbocycles. The Hall–Kier alpha value is -2.56. The minimum absolute atomic E-state index is 0.0358. The fourth-order valence-electron chi connectivity index (χ4n) is 2.13. The third kappa shape index (κ3) is 4.22. The van der Waals surface area contributed by atoms with Gasteiger partial charge >= 0.3 is 0 Å². The van der Waals surface area contributed by atoms with Gasteiger partial charge in [0.05, 0.1) is 5.69 Å². The maximum atomic E-state index is 12.0. The summed E-state index contributed by atoms with van der Waals surface area (Å²) in [5, 5.41) is 6.11. The predicted molar refractivity (Wildman–Crippen MR) is 90.0 cm³/mol. The molecule has 0 atom stereocenters. The van der Waals surface area contributed by atoms with E-state index in [1.807, 2.05) is 50.2 Å². The molecule has 0 unspecified atom stereocenters. The number of carbonyl (C=O) groups is 1. The van der Waals surface area contributed by atoms with E-state index in [1.165, 1.54) is 0 Å². The number of benzene rings is 1. The van der Waals surface area contributed by atoms with Gasteiger partial charge in [-0.05, 0) is 44.0 Å². The van der Waals surface area contributed by atoms with Crippen molar-refractivity contribution in [3.63, 3.8) is 0 Å². The van der Waals surface area contributed by atoms with Crippen molar-refractivity contribution >= 4 is 17.4 Å². The Morgan fingerprint density at radius 2 is 1.91 bits per heavy atom. The number of carbonyl (C=O) groups excluding carboxylic acids is 1. The summed E-state index contributed by atoms with van der Waals surface area (Å²) < 4.78 is 0. The number of anilines is 2. The summed E-state index contributed by atoms with van der Waals surface area (Å²) in [6.07, 6.45) is 0.798. The van der Waals surface area contributed by atoms with Crippen LogP contribution in [-0.2, 0) is 0 Å². The number of hydrogen-bond donors (Lipinski definition) is 3. The predicted octanol–water partition coefficient (Wildman–Crippen LogP) is 2.51. The molecule has 0 radical (unpaired) electrons. The Morgan fingerprint density at radius 1 is 1.14 bits per heavy atom. The van der Waals surface area contributed by atoms with Gasteiger partial charge < -0.3 is 16.4 Å². The molecule has 22 heavy (non-hydrogen) atoms. The lowest BCUT2D eigenvalue weighted by Crippen LogP contribution is -2.26. The standard InChI is InChI=1S/C17H22N4O/c1-12-6-3-4-7-14(12)17(22)20-11-5-10-19-16-15(18)9-8-13(2)21-16/h3-4,6-9H,5,10-11,18H2,1-2H3,(H,19,21)(H,20,22). The summed E-state index contributed by atoms with van der Waals surface area (Å²) in [5.41, 5.74) is 9.11. The zero-order valence-corrected chi connectivity index (χ0v) is 13.0. The molecule has 0 fully saturated rings. The van der Waals surface area contributed by atoms with Crippen LogP contribution in [-0.4, -0.2) is 24.0 Å². The molecule has 5 heteroatoms. The molecule has 1 heterocycles. The summed E-state index contributed by atoms with van der Waals surface area (Å²) >= 11 is 0. The molecule has 0 saturated heterocycles. The Bertz CT molecular complexity index is 655. The highest BCUT2D eigenvalue weighted by Gasteiger charge is 2.07. The molecule has 2 rings (SSSR count). The van der Waals surface area contributed by atoms with Gasteiger partial charge in [-0.2, -0.15) is 0 Å². The highest BCUT2D eigenvalue weighted by Crippen LogP contribution is 2.14. The number of nitrogens with one attached hydrogen (secondary N) is 2. The summed E-state index contributed by atoms with van der Waals surface area (Å²) in [5.74, 6) is 0.663. The first-order chi connectivity index (χ1) is 10.6. The van der Waals surface area contributed by atoms with Crippen molar-refractivity contribution in [3.8, 4) is 0 Å². The lowest BCUT2D eigenvalue weighted by atomic mass is 10.1. The molecule has 4 N–H and O–H groups in total. The van der Waals surface area contributed by atoms with Crippen molar-refractivity contribution in [1.29, 1.82) is 0 Å². The number of pyridine rings is 1. The molecule has 0 aliphatic rings. The topological polar surface area (TPSA) is 80.0 Å². The highest BCUT2D eigenvalue weighted by atomic mass is 16.1. The Kier molecular flexibility index (Phi) is 5.36. The molecule has 0 aliphatic carbocycles. The maximum absolute atomic E-state index is 12.0. The Balaban J connectivity index is 1.75. The number of amides is 1. The number of hydrogen-bond acceptors (Lipinski definition) is 4. The quantitative estimate of drug-likeness (QED) is 0.716. The van der Waals surface area contributed by atoms with Crippen LogP contribution in [0.3, 0.4) is 0 Å². The number of aromatic nitrogens is 1. The first kappa shape index (κ1) is 15.8. The van der Waals surface area contributed by atoms with Gasteiger partial charge in [0.25, 0.3) is 5.91 Å². The van der Waals surface area contributed by atoms with E-state index in [1.54, 1.807) is 0 Å². The van der Waals surface area contributed by atoms with Crippen LogP contribution >= 0.6 is 0 Å². The van der Waals surface area contributed by atoms with Crippen molar-refractivity contribution in [2.45, 2.75) is 20.3 Å². The van der Waals surface area contributed by atoms with E-state index in [2.05, 4.69) is 15.6 Å². The second-order valence-electron chi connectivity index (χ2n) is 5.24. The van der Waals surface area contributed by atoms with Crippen molar-refractivity contribution in [1.82, 2.24) is 10.3 Å². The molecule has 1 aromatic carbocycles. The Morgan fingerprint density at radius 3 is 2.68 bits per heavy atom. The number of nitrogen functional groups attached to an aromatic ring is 1. The van der Waals surface area contributed by atoms with Crippen molar-refractivity contribution in [2.75, 3.05) is 24.1 Å². The first-order valence-corrected chi connectivity index (χ1v) is 7.39. The molecular formula is C17H22N4O. The van der Waals surface area contributed by atoms with Gasteiger partial charge in [0.1, 0.15) is 5.82 Å². The van der Waals surface area contributed by atoms with E-state index in [-0.39, 0.29) is 5.91 Å². The van der Waals surface area contributed by atoms with Gasteiger partial charge in [-0.3, -0.25) is 4.79 Å². The monoisotopic (exact) mass is 298 g/mol. The van der Waals surface area contributed by atoms with E-state index >= 15 is 0 Å². The molecule has 2 aromatic rings. The van der Waals surface area contributed by atoms with E-state index in [0.717, 1.165) is 23.2 Å². The highest BCUT2D eigenvalue weighted by molar-refractivity contribution is 5.95. The van der Waals surface area contributed by atoms with Crippen LogP contribution in [0, 0.1) is 13.8 Å². The second kappa shape index (κ2) is 7.45. The summed E-state index contributed by atoms with van der Waals surface area (Å²) in [6.45, 7) is 5.16. The van der Waals surface area contributed by atoms with E-state index < -0.39 is 0 Å². The van der Waals surface area contributed by atoms with Gasteiger partial charge in [0.2, 0.25) is 0 Å². The van der Waals surface area contributed by atoms with E-state index in [0.29, 0.717) is 24.6 Å². The van der Waals surface area contributed by atoms with Crippen LogP contribution in [0.25, 0.3) is 0 Å². The SMILES string of the molecule is Cc1ccc(N)c(NCCCNC(=O)c2ccccc2C)n1. The number of nitrogens with zero attached hydrogens (tertiary/aromatic N) is 1. The van der Waals surface area contributed by atoms with Crippen LogP contribution in [0.2, 0.25) is 0 Å². The average molecular weight is 298 g/mol. The third-order valence-electron chi connectivity index (χ3n) is 3.39. The molecule has 1 amide bonds. The molecular weight excluding hydrogens is 276 g/mol. The lowest BCUT2D eigenvalue weighted by Gasteiger charge is -2.10. The molecule has 0 spiro atoms. The lowest BCUT2D eigenvalue weighted by molar-refractivity contribution is 0.0953. The van der Waals surface area contributed by atoms with Crippen molar-refractivity contribution < 1.29 is 4.79 Å². The largest absolute Gasteiger partial charge is 0.396 e. The molecule has 5 nitrogen and oxygen atoms in total. The first-order valence-electron chi connectivity index (χ1n) is 7.39. The fraction of sp³-hybridized carbons (Fsp3) is 0.294. The van der Waals surface area contributed by atoms with E-state index in [4.69, 9.17) is 5.73 Å². The van der Waals surface area contributed by atoms with Gasteiger partial charge in [-0.15, -0.1) is 0 Å². The summed E-state index contributed by atoms with van der Waals surface area (Å²) in [7, 11) is 0. The van der Waals surface area contributed by atoms with Gasteiger partial charge in [-0.1, -0.05) is 18.2 Å². The average Bonchev–Trinajstić information content (AvgIpc) is 2.50. The zero-order chi connectivity index (χ0) is 15.9. The van der Waals surface area contributed by atoms with Crippen LogP contribution in [0.5, 0.6) is 0 Å². The summed E-state index contributed by atoms with van der Waals surface area (Å²) in [6, 6.07) is 11.3. The molecule has 1 aromatic heterocycles. The minimum Gasteiger partial charge on any atom is -0.396 e. The van der Waals surface area contributed by atoms with Gasteiger partial charge in [0, 0.05) is 24.3 Å². The smallest absolute Gasteiger partial charge is 0.251 e. The minimum atomic E-state index is -0.0358. The van der Waals surface area contributed by atoms with Crippen LogP contribution in [0.4, 0.5) is 11.5 Å². The Labute approximate surface area is 130 Å². The van der Waals surface area contributed by atoms with Gasteiger partial charge in [0.15, 0.2) is 0 Å². The number of aryl methyl sites for hydroxylation is 2. The summed E-state index contributed by atoms with van der Waals surface area (Å²) in [4.78, 5) is 16.4. The normalized spacial score (nSPS) is 10.3. The van der Waals surface area contributed by atoms with Crippen molar-refractivity contribution in [2.24, 2.45) is 0 Å². The zero-order valence-electron chi connectivity index (χ0n) is 13.0. The van der Waals surface area contributed by atoms with Gasteiger partial charge in [-0.25, -0.2) is 4.98 Å². The molecule has 0 aliphatic heterocycles. The second-order valence-corrected chi connectivity index (χ2v) is 5.24. The number of rotatable bonds is 6. The fourth-order valence-corrected chi connectivity index (χ4v) is 2.13. The van der Waals surface area contributed by atoms with Crippen molar-refractivity contribution in [3.05, 3.63) is 53.2 Å². The van der Waals surface area contributed by atoms with E-state index in [9.17, 15) is 4.79 Å².